The zero-order chi connectivity index (χ0) is 12.1. The van der Waals surface area contributed by atoms with Crippen LogP contribution in [0.25, 0.3) is 0 Å². The van der Waals surface area contributed by atoms with Gasteiger partial charge >= 0.3 is 0 Å². The van der Waals surface area contributed by atoms with Crippen LogP contribution in [-0.2, 0) is 0 Å². The van der Waals surface area contributed by atoms with Gasteiger partial charge in [-0.25, -0.2) is 4.39 Å². The van der Waals surface area contributed by atoms with Crippen molar-refractivity contribution in [2.24, 2.45) is 10.9 Å². The molecule has 1 rings (SSSR count). The van der Waals surface area contributed by atoms with Gasteiger partial charge in [0.15, 0.2) is 17.4 Å². The van der Waals surface area contributed by atoms with Gasteiger partial charge in [-0.1, -0.05) is 12.1 Å². The summed E-state index contributed by atoms with van der Waals surface area (Å²) in [6.45, 7) is 2.37. The van der Waals surface area contributed by atoms with Crippen molar-refractivity contribution < 1.29 is 14.3 Å². The van der Waals surface area contributed by atoms with Crippen LogP contribution in [0.5, 0.6) is 5.75 Å². The highest BCUT2D eigenvalue weighted by Crippen LogP contribution is 2.28. The Kier molecular flexibility index (Phi) is 4.54. The summed E-state index contributed by atoms with van der Waals surface area (Å²) in [5.41, 5.74) is 5.66. The van der Waals surface area contributed by atoms with E-state index in [1.807, 2.05) is 6.92 Å². The van der Waals surface area contributed by atoms with E-state index in [1.54, 1.807) is 0 Å². The standard InChI is InChI=1S/C10H12BrFN2O2/c1-2-5-16-7-4-3-6(10(13)14-15)8(11)9(7)12/h3-4,15H,2,5H2,1H3,(H2,13,14). The summed E-state index contributed by atoms with van der Waals surface area (Å²) < 4.78 is 19.0. The van der Waals surface area contributed by atoms with Gasteiger partial charge in [0.05, 0.1) is 11.1 Å². The minimum Gasteiger partial charge on any atom is -0.490 e. The minimum atomic E-state index is -0.558. The molecule has 16 heavy (non-hydrogen) atoms. The molecule has 1 aromatic carbocycles. The molecule has 0 aliphatic rings. The second kappa shape index (κ2) is 5.69. The molecular formula is C10H12BrFN2O2. The number of amidine groups is 1. The highest BCUT2D eigenvalue weighted by molar-refractivity contribution is 9.10. The van der Waals surface area contributed by atoms with Crippen LogP contribution in [0.3, 0.4) is 0 Å². The molecule has 0 aromatic heterocycles. The quantitative estimate of drug-likeness (QED) is 0.387. The number of hydrogen-bond donors (Lipinski definition) is 2. The average molecular weight is 291 g/mol. The third kappa shape index (κ3) is 2.63. The number of benzene rings is 1. The van der Waals surface area contributed by atoms with Gasteiger partial charge in [0.2, 0.25) is 0 Å². The molecule has 6 heteroatoms. The Labute approximate surface area is 101 Å². The lowest BCUT2D eigenvalue weighted by Crippen LogP contribution is -2.14. The lowest BCUT2D eigenvalue weighted by atomic mass is 10.2. The van der Waals surface area contributed by atoms with Crippen LogP contribution in [0.15, 0.2) is 21.8 Å². The van der Waals surface area contributed by atoms with Gasteiger partial charge in [-0.15, -0.1) is 0 Å². The molecular weight excluding hydrogens is 279 g/mol. The van der Waals surface area contributed by atoms with Gasteiger partial charge in [-0.3, -0.25) is 0 Å². The zero-order valence-corrected chi connectivity index (χ0v) is 10.3. The molecule has 0 atom stereocenters. The topological polar surface area (TPSA) is 67.8 Å². The number of hydrogen-bond acceptors (Lipinski definition) is 3. The van der Waals surface area contributed by atoms with Crippen molar-refractivity contribution in [1.82, 2.24) is 0 Å². The third-order valence-electron chi connectivity index (χ3n) is 1.89. The molecule has 0 saturated heterocycles. The van der Waals surface area contributed by atoms with E-state index in [0.717, 1.165) is 6.42 Å². The molecule has 0 bridgehead atoms. The first kappa shape index (κ1) is 12.8. The minimum absolute atomic E-state index is 0.122. The summed E-state index contributed by atoms with van der Waals surface area (Å²) in [6, 6.07) is 2.97. The Balaban J connectivity index is 3.08. The summed E-state index contributed by atoms with van der Waals surface area (Å²) in [5.74, 6) is -0.575. The Bertz CT molecular complexity index is 410. The number of rotatable bonds is 4. The first-order valence-electron chi connectivity index (χ1n) is 4.70. The fourth-order valence-electron chi connectivity index (χ4n) is 1.11. The summed E-state index contributed by atoms with van der Waals surface area (Å²) >= 11 is 3.04. The summed E-state index contributed by atoms with van der Waals surface area (Å²) in [6.07, 6.45) is 0.791. The molecule has 0 radical (unpaired) electrons. The monoisotopic (exact) mass is 290 g/mol. The molecule has 0 aliphatic carbocycles. The Morgan fingerprint density at radius 3 is 2.88 bits per heavy atom. The molecule has 3 N–H and O–H groups in total. The summed E-state index contributed by atoms with van der Waals surface area (Å²) in [5, 5.41) is 11.3. The van der Waals surface area contributed by atoms with Gasteiger partial charge in [-0.2, -0.15) is 0 Å². The van der Waals surface area contributed by atoms with Crippen molar-refractivity contribution in [3.8, 4) is 5.75 Å². The molecule has 0 spiro atoms. The van der Waals surface area contributed by atoms with Gasteiger partial charge in [0.1, 0.15) is 0 Å². The molecule has 1 aromatic rings. The number of halogens is 2. The molecule has 0 fully saturated rings. The molecule has 0 saturated carbocycles. The van der Waals surface area contributed by atoms with E-state index in [2.05, 4.69) is 21.1 Å². The van der Waals surface area contributed by atoms with Crippen molar-refractivity contribution >= 4 is 21.8 Å². The van der Waals surface area contributed by atoms with E-state index in [0.29, 0.717) is 6.61 Å². The van der Waals surface area contributed by atoms with E-state index in [1.165, 1.54) is 12.1 Å². The zero-order valence-electron chi connectivity index (χ0n) is 8.70. The highest BCUT2D eigenvalue weighted by atomic mass is 79.9. The van der Waals surface area contributed by atoms with Crippen molar-refractivity contribution in [2.45, 2.75) is 13.3 Å². The number of nitrogens with zero attached hydrogens (tertiary/aromatic N) is 1. The van der Waals surface area contributed by atoms with E-state index < -0.39 is 5.82 Å². The van der Waals surface area contributed by atoms with Crippen LogP contribution in [0.1, 0.15) is 18.9 Å². The van der Waals surface area contributed by atoms with E-state index in [-0.39, 0.29) is 21.6 Å². The number of oxime groups is 1. The fourth-order valence-corrected chi connectivity index (χ4v) is 1.64. The van der Waals surface area contributed by atoms with Crippen molar-refractivity contribution in [3.63, 3.8) is 0 Å². The fraction of sp³-hybridized carbons (Fsp3) is 0.300. The number of ether oxygens (including phenoxy) is 1. The predicted octanol–water partition coefficient (Wildman–Crippen LogP) is 2.47. The maximum absolute atomic E-state index is 13.7. The van der Waals surface area contributed by atoms with Crippen LogP contribution in [0, 0.1) is 5.82 Å². The molecule has 0 amide bonds. The normalized spacial score (nSPS) is 11.6. The lowest BCUT2D eigenvalue weighted by Gasteiger charge is -2.09. The SMILES string of the molecule is CCCOc1ccc(/C(N)=N/O)c(Br)c1F. The van der Waals surface area contributed by atoms with Crippen molar-refractivity contribution in [2.75, 3.05) is 6.61 Å². The number of nitrogens with two attached hydrogens (primary N) is 1. The Morgan fingerprint density at radius 1 is 1.62 bits per heavy atom. The summed E-state index contributed by atoms with van der Waals surface area (Å²) in [7, 11) is 0. The van der Waals surface area contributed by atoms with Crippen LogP contribution in [0.2, 0.25) is 0 Å². The smallest absolute Gasteiger partial charge is 0.179 e. The predicted molar refractivity (Wildman–Crippen MR) is 62.4 cm³/mol. The van der Waals surface area contributed by atoms with Gasteiger partial charge in [-0.05, 0) is 34.5 Å². The molecule has 4 nitrogen and oxygen atoms in total. The van der Waals surface area contributed by atoms with Crippen molar-refractivity contribution in [3.05, 3.63) is 28.0 Å². The van der Waals surface area contributed by atoms with Crippen molar-refractivity contribution in [1.29, 1.82) is 0 Å². The molecule has 0 heterocycles. The lowest BCUT2D eigenvalue weighted by molar-refractivity contribution is 0.300. The second-order valence-electron chi connectivity index (χ2n) is 3.07. The van der Waals surface area contributed by atoms with Crippen LogP contribution < -0.4 is 10.5 Å². The van der Waals surface area contributed by atoms with Gasteiger partial charge in [0.25, 0.3) is 0 Å². The van der Waals surface area contributed by atoms with E-state index in [4.69, 9.17) is 15.7 Å². The maximum Gasteiger partial charge on any atom is 0.179 e. The largest absolute Gasteiger partial charge is 0.490 e. The molecule has 0 aliphatic heterocycles. The average Bonchev–Trinajstić information content (AvgIpc) is 2.30. The van der Waals surface area contributed by atoms with E-state index >= 15 is 0 Å². The first-order valence-corrected chi connectivity index (χ1v) is 5.49. The Hall–Kier alpha value is -1.30. The van der Waals surface area contributed by atoms with Gasteiger partial charge in [0, 0.05) is 5.56 Å². The van der Waals surface area contributed by atoms with Crippen LogP contribution >= 0.6 is 15.9 Å². The van der Waals surface area contributed by atoms with Crippen LogP contribution in [-0.4, -0.2) is 17.6 Å². The van der Waals surface area contributed by atoms with Crippen LogP contribution in [0.4, 0.5) is 4.39 Å². The Morgan fingerprint density at radius 2 is 2.31 bits per heavy atom. The first-order chi connectivity index (χ1) is 7.61. The van der Waals surface area contributed by atoms with E-state index in [9.17, 15) is 4.39 Å². The molecule has 0 unspecified atom stereocenters. The van der Waals surface area contributed by atoms with Gasteiger partial charge < -0.3 is 15.7 Å². The third-order valence-corrected chi connectivity index (χ3v) is 2.67. The molecule has 88 valence electrons. The highest BCUT2D eigenvalue weighted by Gasteiger charge is 2.14. The second-order valence-corrected chi connectivity index (χ2v) is 3.87. The maximum atomic E-state index is 13.7. The summed E-state index contributed by atoms with van der Waals surface area (Å²) in [4.78, 5) is 0.